The van der Waals surface area contributed by atoms with Gasteiger partial charge in [0.25, 0.3) is 0 Å². The van der Waals surface area contributed by atoms with Crippen LogP contribution in [0.4, 0.5) is 0 Å². The van der Waals surface area contributed by atoms with E-state index in [0.717, 1.165) is 5.39 Å². The summed E-state index contributed by atoms with van der Waals surface area (Å²) in [7, 11) is 1.40. The Morgan fingerprint density at radius 1 is 1.00 bits per heavy atom. The van der Waals surface area contributed by atoms with Crippen LogP contribution in [0.25, 0.3) is 10.8 Å². The van der Waals surface area contributed by atoms with Crippen LogP contribution in [0.5, 0.6) is 0 Å². The van der Waals surface area contributed by atoms with Gasteiger partial charge in [-0.1, -0.05) is 18.2 Å². The highest BCUT2D eigenvalue weighted by Crippen LogP contribution is 2.23. The lowest BCUT2D eigenvalue weighted by Crippen LogP contribution is -2.00. The van der Waals surface area contributed by atoms with Crippen molar-refractivity contribution in [3.8, 4) is 0 Å². The van der Waals surface area contributed by atoms with Gasteiger partial charge in [-0.25, -0.2) is 4.79 Å². The first-order valence-corrected chi connectivity index (χ1v) is 5.22. The largest absolute Gasteiger partial charge is 0.465 e. The molecule has 0 saturated heterocycles. The zero-order valence-corrected chi connectivity index (χ0v) is 9.70. The second kappa shape index (κ2) is 3.97. The minimum absolute atomic E-state index is 0.289. The van der Waals surface area contributed by atoms with Crippen molar-refractivity contribution in [1.29, 1.82) is 0 Å². The fraction of sp³-hybridized carbons (Fsp3) is 0.214. The van der Waals surface area contributed by atoms with Gasteiger partial charge >= 0.3 is 5.97 Å². The Morgan fingerprint density at radius 2 is 1.62 bits per heavy atom. The molecule has 2 nitrogen and oxygen atoms in total. The predicted molar refractivity (Wildman–Crippen MR) is 64.8 cm³/mol. The molecule has 0 heterocycles. The van der Waals surface area contributed by atoms with Crippen LogP contribution in [0.1, 0.15) is 21.5 Å². The summed E-state index contributed by atoms with van der Waals surface area (Å²) in [5.74, 6) is -0.289. The lowest BCUT2D eigenvalue weighted by atomic mass is 9.99. The molecule has 0 aromatic heterocycles. The molecule has 0 aliphatic carbocycles. The SMILES string of the molecule is COC(=O)c1ccc2c(C)ccc(C)c2c1. The van der Waals surface area contributed by atoms with Crippen LogP contribution in [-0.2, 0) is 4.74 Å². The molecule has 0 radical (unpaired) electrons. The number of ether oxygens (including phenoxy) is 1. The highest BCUT2D eigenvalue weighted by atomic mass is 16.5. The van der Waals surface area contributed by atoms with Crippen LogP contribution >= 0.6 is 0 Å². The third-order valence-electron chi connectivity index (χ3n) is 2.87. The van der Waals surface area contributed by atoms with Crippen molar-refractivity contribution < 1.29 is 9.53 Å². The molecule has 2 aromatic rings. The number of rotatable bonds is 1. The number of hydrogen-bond donors (Lipinski definition) is 0. The number of benzene rings is 2. The summed E-state index contributed by atoms with van der Waals surface area (Å²) < 4.78 is 4.72. The van der Waals surface area contributed by atoms with Gasteiger partial charge in [0.1, 0.15) is 0 Å². The van der Waals surface area contributed by atoms with E-state index in [1.54, 1.807) is 6.07 Å². The lowest BCUT2D eigenvalue weighted by molar-refractivity contribution is 0.0601. The zero-order chi connectivity index (χ0) is 11.7. The molecule has 0 atom stereocenters. The van der Waals surface area contributed by atoms with E-state index >= 15 is 0 Å². The quantitative estimate of drug-likeness (QED) is 0.681. The average Bonchev–Trinajstić information content (AvgIpc) is 2.32. The van der Waals surface area contributed by atoms with Crippen LogP contribution in [0, 0.1) is 13.8 Å². The van der Waals surface area contributed by atoms with E-state index in [0.29, 0.717) is 5.56 Å². The molecule has 2 rings (SSSR count). The number of carbonyl (C=O) groups excluding carboxylic acids is 1. The predicted octanol–water partition coefficient (Wildman–Crippen LogP) is 3.24. The van der Waals surface area contributed by atoms with Crippen LogP contribution in [0.15, 0.2) is 30.3 Å². The van der Waals surface area contributed by atoms with E-state index in [2.05, 4.69) is 19.1 Å². The number of fused-ring (bicyclic) bond motifs is 1. The summed E-state index contributed by atoms with van der Waals surface area (Å²) in [6.07, 6.45) is 0. The molecule has 0 saturated carbocycles. The number of methoxy groups -OCH3 is 1. The van der Waals surface area contributed by atoms with Crippen LogP contribution in [0.2, 0.25) is 0 Å². The van der Waals surface area contributed by atoms with Gasteiger partial charge in [-0.3, -0.25) is 0 Å². The molecule has 0 spiro atoms. The minimum Gasteiger partial charge on any atom is -0.465 e. The van der Waals surface area contributed by atoms with Crippen molar-refractivity contribution in [2.45, 2.75) is 13.8 Å². The number of esters is 1. The van der Waals surface area contributed by atoms with Gasteiger partial charge in [-0.15, -0.1) is 0 Å². The Kier molecular flexibility index (Phi) is 2.65. The Bertz CT molecular complexity index is 556. The maximum Gasteiger partial charge on any atom is 0.337 e. The Labute approximate surface area is 94.8 Å². The van der Waals surface area contributed by atoms with Crippen molar-refractivity contribution in [2.24, 2.45) is 0 Å². The van der Waals surface area contributed by atoms with Crippen molar-refractivity contribution >= 4 is 16.7 Å². The zero-order valence-electron chi connectivity index (χ0n) is 9.70. The van der Waals surface area contributed by atoms with Crippen LogP contribution in [-0.4, -0.2) is 13.1 Å². The molecule has 16 heavy (non-hydrogen) atoms. The smallest absolute Gasteiger partial charge is 0.337 e. The Balaban J connectivity index is 2.70. The van der Waals surface area contributed by atoms with E-state index in [1.807, 2.05) is 19.1 Å². The first-order valence-electron chi connectivity index (χ1n) is 5.22. The number of carbonyl (C=O) groups is 1. The van der Waals surface area contributed by atoms with Gasteiger partial charge in [0.2, 0.25) is 0 Å². The average molecular weight is 214 g/mol. The van der Waals surface area contributed by atoms with E-state index in [4.69, 9.17) is 4.74 Å². The van der Waals surface area contributed by atoms with Gasteiger partial charge < -0.3 is 4.74 Å². The molecular weight excluding hydrogens is 200 g/mol. The summed E-state index contributed by atoms with van der Waals surface area (Å²) in [5, 5.41) is 2.30. The van der Waals surface area contributed by atoms with Gasteiger partial charge in [-0.2, -0.15) is 0 Å². The molecule has 0 bridgehead atoms. The van der Waals surface area contributed by atoms with Gasteiger partial charge in [0.05, 0.1) is 12.7 Å². The van der Waals surface area contributed by atoms with E-state index in [1.165, 1.54) is 23.6 Å². The normalized spacial score (nSPS) is 10.4. The third kappa shape index (κ3) is 1.67. The van der Waals surface area contributed by atoms with E-state index in [-0.39, 0.29) is 5.97 Å². The molecule has 0 amide bonds. The second-order valence-corrected chi connectivity index (χ2v) is 3.95. The molecular formula is C14H14O2. The summed E-state index contributed by atoms with van der Waals surface area (Å²) in [6.45, 7) is 4.11. The third-order valence-corrected chi connectivity index (χ3v) is 2.87. The molecule has 82 valence electrons. The van der Waals surface area contributed by atoms with Crippen molar-refractivity contribution in [3.05, 3.63) is 47.0 Å². The summed E-state index contributed by atoms with van der Waals surface area (Å²) in [6, 6.07) is 9.84. The van der Waals surface area contributed by atoms with E-state index in [9.17, 15) is 4.79 Å². The van der Waals surface area contributed by atoms with Crippen LogP contribution in [0.3, 0.4) is 0 Å². The Morgan fingerprint density at radius 3 is 2.25 bits per heavy atom. The van der Waals surface area contributed by atoms with Crippen molar-refractivity contribution in [1.82, 2.24) is 0 Å². The molecule has 0 fully saturated rings. The van der Waals surface area contributed by atoms with Gasteiger partial charge in [0, 0.05) is 0 Å². The first-order chi connectivity index (χ1) is 7.63. The van der Waals surface area contributed by atoms with E-state index < -0.39 is 0 Å². The van der Waals surface area contributed by atoms with Crippen LogP contribution < -0.4 is 0 Å². The fourth-order valence-corrected chi connectivity index (χ4v) is 1.89. The number of hydrogen-bond acceptors (Lipinski definition) is 2. The fourth-order valence-electron chi connectivity index (χ4n) is 1.89. The van der Waals surface area contributed by atoms with Gasteiger partial charge in [-0.05, 0) is 47.9 Å². The molecule has 0 aliphatic heterocycles. The topological polar surface area (TPSA) is 26.3 Å². The number of aryl methyl sites for hydroxylation is 2. The Hall–Kier alpha value is -1.83. The molecule has 0 aliphatic rings. The molecule has 0 unspecified atom stereocenters. The standard InChI is InChI=1S/C14H14O2/c1-9-4-5-10(2)13-8-11(14(15)16-3)6-7-12(9)13/h4-8H,1-3H3. The minimum atomic E-state index is -0.289. The maximum absolute atomic E-state index is 11.4. The maximum atomic E-state index is 11.4. The second-order valence-electron chi connectivity index (χ2n) is 3.95. The molecule has 0 N–H and O–H groups in total. The van der Waals surface area contributed by atoms with Crippen molar-refractivity contribution in [2.75, 3.05) is 7.11 Å². The monoisotopic (exact) mass is 214 g/mol. The molecule has 2 heteroatoms. The first kappa shape index (κ1) is 10.7. The van der Waals surface area contributed by atoms with Crippen molar-refractivity contribution in [3.63, 3.8) is 0 Å². The highest BCUT2D eigenvalue weighted by Gasteiger charge is 2.07. The summed E-state index contributed by atoms with van der Waals surface area (Å²) in [4.78, 5) is 11.4. The lowest BCUT2D eigenvalue weighted by Gasteiger charge is -2.07. The highest BCUT2D eigenvalue weighted by molar-refractivity contribution is 5.97. The summed E-state index contributed by atoms with van der Waals surface area (Å²) >= 11 is 0. The summed E-state index contributed by atoms with van der Waals surface area (Å²) in [5.41, 5.74) is 2.99. The van der Waals surface area contributed by atoms with Gasteiger partial charge in [0.15, 0.2) is 0 Å². The molecule has 2 aromatic carbocycles.